The normalized spacial score (nSPS) is 14.1. The Morgan fingerprint density at radius 3 is 2.16 bits per heavy atom. The topological polar surface area (TPSA) is 24.9 Å². The van der Waals surface area contributed by atoms with Crippen LogP contribution in [0.25, 0.3) is 0 Å². The highest BCUT2D eigenvalue weighted by atomic mass is 14.9. The lowest BCUT2D eigenvalue weighted by Crippen LogP contribution is -2.22. The smallest absolute Gasteiger partial charge is 0.0384 e. The van der Waals surface area contributed by atoms with E-state index in [2.05, 4.69) is 60.5 Å². The second kappa shape index (κ2) is 6.48. The molecule has 0 radical (unpaired) electrons. The summed E-state index contributed by atoms with van der Waals surface area (Å²) in [6, 6.07) is 13.4. The second-order valence-electron chi connectivity index (χ2n) is 4.93. The van der Waals surface area contributed by atoms with Gasteiger partial charge in [-0.3, -0.25) is 4.98 Å². The number of aromatic nitrogens is 1. The van der Waals surface area contributed by atoms with Gasteiger partial charge in [-0.25, -0.2) is 0 Å². The Morgan fingerprint density at radius 2 is 1.63 bits per heavy atom. The minimum absolute atomic E-state index is 0.327. The van der Waals surface area contributed by atoms with Gasteiger partial charge in [0.15, 0.2) is 0 Å². The highest BCUT2D eigenvalue weighted by Gasteiger charge is 2.18. The van der Waals surface area contributed by atoms with Gasteiger partial charge in [0.2, 0.25) is 0 Å². The number of likely N-dealkylation sites (N-methyl/N-ethyl adjacent to an activating group) is 1. The molecule has 0 amide bonds. The highest BCUT2D eigenvalue weighted by molar-refractivity contribution is 5.29. The van der Waals surface area contributed by atoms with Crippen LogP contribution in [-0.2, 0) is 6.42 Å². The van der Waals surface area contributed by atoms with E-state index in [-0.39, 0.29) is 0 Å². The van der Waals surface area contributed by atoms with E-state index in [9.17, 15) is 0 Å². The number of aryl methyl sites for hydroxylation is 1. The third-order valence-electron chi connectivity index (χ3n) is 3.79. The van der Waals surface area contributed by atoms with E-state index in [1.165, 1.54) is 16.7 Å². The third kappa shape index (κ3) is 3.21. The third-order valence-corrected chi connectivity index (χ3v) is 3.79. The van der Waals surface area contributed by atoms with Crippen molar-refractivity contribution in [3.63, 3.8) is 0 Å². The Bertz CT molecular complexity index is 490. The zero-order chi connectivity index (χ0) is 13.7. The largest absolute Gasteiger partial charge is 0.312 e. The Morgan fingerprint density at radius 1 is 1.00 bits per heavy atom. The molecule has 0 spiro atoms. The summed E-state index contributed by atoms with van der Waals surface area (Å²) in [5.41, 5.74) is 4.04. The van der Waals surface area contributed by atoms with Crippen LogP contribution in [0.15, 0.2) is 48.8 Å². The van der Waals surface area contributed by atoms with Crippen molar-refractivity contribution in [2.24, 2.45) is 0 Å². The number of pyridine rings is 1. The molecule has 2 aromatic rings. The van der Waals surface area contributed by atoms with E-state index in [0.717, 1.165) is 6.42 Å². The first-order valence-electron chi connectivity index (χ1n) is 6.92. The summed E-state index contributed by atoms with van der Waals surface area (Å²) in [5.74, 6) is 0.417. The van der Waals surface area contributed by atoms with Crippen molar-refractivity contribution >= 4 is 0 Å². The summed E-state index contributed by atoms with van der Waals surface area (Å²) >= 11 is 0. The van der Waals surface area contributed by atoms with Crippen LogP contribution < -0.4 is 5.32 Å². The molecule has 0 aliphatic carbocycles. The molecule has 2 nitrogen and oxygen atoms in total. The number of hydrogen-bond acceptors (Lipinski definition) is 2. The predicted octanol–water partition coefficient (Wildman–Crippen LogP) is 3.71. The van der Waals surface area contributed by atoms with Gasteiger partial charge in [0.1, 0.15) is 0 Å². The molecule has 1 N–H and O–H groups in total. The zero-order valence-electron chi connectivity index (χ0n) is 11.9. The van der Waals surface area contributed by atoms with Gasteiger partial charge in [-0.15, -0.1) is 0 Å². The van der Waals surface area contributed by atoms with Crippen LogP contribution >= 0.6 is 0 Å². The molecule has 1 heterocycles. The first-order valence-corrected chi connectivity index (χ1v) is 6.92. The van der Waals surface area contributed by atoms with Gasteiger partial charge < -0.3 is 5.32 Å². The molecule has 0 aliphatic heterocycles. The lowest BCUT2D eigenvalue weighted by atomic mass is 9.89. The number of rotatable bonds is 5. The minimum Gasteiger partial charge on any atom is -0.312 e. The molecular formula is C17H22N2. The summed E-state index contributed by atoms with van der Waals surface area (Å²) in [7, 11) is 2.02. The van der Waals surface area contributed by atoms with E-state index in [4.69, 9.17) is 0 Å². The second-order valence-corrected chi connectivity index (χ2v) is 4.93. The van der Waals surface area contributed by atoms with Crippen molar-refractivity contribution < 1.29 is 0 Å². The fourth-order valence-corrected chi connectivity index (χ4v) is 2.53. The maximum atomic E-state index is 4.09. The standard InChI is InChI=1S/C17H22N2/c1-4-14-5-7-16(8-6-14)17(18-3)13(2)15-9-11-19-12-10-15/h5-13,17-18H,4H2,1-3H3. The molecule has 0 bridgehead atoms. The van der Waals surface area contributed by atoms with Crippen LogP contribution in [0.5, 0.6) is 0 Å². The quantitative estimate of drug-likeness (QED) is 0.880. The zero-order valence-corrected chi connectivity index (χ0v) is 11.9. The van der Waals surface area contributed by atoms with Crippen molar-refractivity contribution in [1.82, 2.24) is 10.3 Å². The lowest BCUT2D eigenvalue weighted by Gasteiger charge is -2.24. The number of nitrogens with zero attached hydrogens (tertiary/aromatic N) is 1. The van der Waals surface area contributed by atoms with Gasteiger partial charge in [-0.2, -0.15) is 0 Å². The van der Waals surface area contributed by atoms with Crippen LogP contribution in [0.3, 0.4) is 0 Å². The first kappa shape index (κ1) is 13.8. The molecule has 0 saturated carbocycles. The lowest BCUT2D eigenvalue weighted by molar-refractivity contribution is 0.507. The molecular weight excluding hydrogens is 232 g/mol. The van der Waals surface area contributed by atoms with Gasteiger partial charge in [-0.1, -0.05) is 38.1 Å². The molecule has 2 heteroatoms. The average molecular weight is 254 g/mol. The maximum Gasteiger partial charge on any atom is 0.0384 e. The Kier molecular flexibility index (Phi) is 4.69. The Labute approximate surface area is 115 Å². The van der Waals surface area contributed by atoms with Crippen molar-refractivity contribution in [3.05, 3.63) is 65.5 Å². The van der Waals surface area contributed by atoms with Gasteiger partial charge in [0.05, 0.1) is 0 Å². The van der Waals surface area contributed by atoms with Crippen molar-refractivity contribution in [2.45, 2.75) is 32.2 Å². The SMILES string of the molecule is CCc1ccc(C(NC)C(C)c2ccncc2)cc1. The van der Waals surface area contributed by atoms with Gasteiger partial charge in [0.25, 0.3) is 0 Å². The first-order chi connectivity index (χ1) is 9.26. The van der Waals surface area contributed by atoms with E-state index in [1.807, 2.05) is 19.4 Å². The van der Waals surface area contributed by atoms with E-state index < -0.39 is 0 Å². The van der Waals surface area contributed by atoms with Crippen molar-refractivity contribution in [2.75, 3.05) is 7.05 Å². The van der Waals surface area contributed by atoms with Crippen LogP contribution in [-0.4, -0.2) is 12.0 Å². The van der Waals surface area contributed by atoms with Crippen molar-refractivity contribution in [3.8, 4) is 0 Å². The molecule has 1 aromatic heterocycles. The summed E-state index contributed by atoms with van der Waals surface area (Å²) in [6.07, 6.45) is 4.81. The fraction of sp³-hybridized carbons (Fsp3) is 0.353. The highest BCUT2D eigenvalue weighted by Crippen LogP contribution is 2.30. The van der Waals surface area contributed by atoms with Gasteiger partial charge in [-0.05, 0) is 42.3 Å². The molecule has 0 saturated heterocycles. The molecule has 100 valence electrons. The Hall–Kier alpha value is -1.67. The molecule has 1 aromatic carbocycles. The van der Waals surface area contributed by atoms with E-state index >= 15 is 0 Å². The van der Waals surface area contributed by atoms with Crippen LogP contribution in [0, 0.1) is 0 Å². The Balaban J connectivity index is 2.23. The molecule has 19 heavy (non-hydrogen) atoms. The summed E-state index contributed by atoms with van der Waals surface area (Å²) in [6.45, 7) is 4.44. The summed E-state index contributed by atoms with van der Waals surface area (Å²) < 4.78 is 0. The maximum absolute atomic E-state index is 4.09. The molecule has 2 rings (SSSR count). The average Bonchev–Trinajstić information content (AvgIpc) is 2.49. The monoisotopic (exact) mass is 254 g/mol. The van der Waals surface area contributed by atoms with E-state index in [1.54, 1.807) is 0 Å². The number of nitrogens with one attached hydrogen (secondary N) is 1. The minimum atomic E-state index is 0.327. The summed E-state index contributed by atoms with van der Waals surface area (Å²) in [5, 5.41) is 3.43. The van der Waals surface area contributed by atoms with Crippen molar-refractivity contribution in [1.29, 1.82) is 0 Å². The number of benzene rings is 1. The fourth-order valence-electron chi connectivity index (χ4n) is 2.53. The summed E-state index contributed by atoms with van der Waals surface area (Å²) in [4.78, 5) is 4.09. The van der Waals surface area contributed by atoms with Gasteiger partial charge in [0, 0.05) is 24.4 Å². The molecule has 0 aliphatic rings. The molecule has 2 atom stereocenters. The van der Waals surface area contributed by atoms with Gasteiger partial charge >= 0.3 is 0 Å². The van der Waals surface area contributed by atoms with Crippen LogP contribution in [0.2, 0.25) is 0 Å². The van der Waals surface area contributed by atoms with Crippen LogP contribution in [0.1, 0.15) is 42.5 Å². The number of hydrogen-bond donors (Lipinski definition) is 1. The molecule has 2 unspecified atom stereocenters. The van der Waals surface area contributed by atoms with E-state index in [0.29, 0.717) is 12.0 Å². The predicted molar refractivity (Wildman–Crippen MR) is 80.3 cm³/mol. The van der Waals surface area contributed by atoms with Crippen LogP contribution in [0.4, 0.5) is 0 Å². The molecule has 0 fully saturated rings.